The molecule has 0 spiro atoms. The van der Waals surface area contributed by atoms with Crippen LogP contribution in [-0.4, -0.2) is 11.1 Å². The quantitative estimate of drug-likeness (QED) is 0.688. The molecular weight excluding hydrogens is 264 g/mol. The van der Waals surface area contributed by atoms with E-state index in [1.807, 2.05) is 42.5 Å². The summed E-state index contributed by atoms with van der Waals surface area (Å²) in [5.41, 5.74) is 1.61. The van der Waals surface area contributed by atoms with Gasteiger partial charge in [-0.1, -0.05) is 30.3 Å². The molecule has 3 aromatic rings. The Kier molecular flexibility index (Phi) is 3.43. The van der Waals surface area contributed by atoms with Crippen LogP contribution in [0.2, 0.25) is 0 Å². The number of benzene rings is 3. The number of aromatic carboxylic acids is 1. The summed E-state index contributed by atoms with van der Waals surface area (Å²) >= 11 is 0. The van der Waals surface area contributed by atoms with Crippen LogP contribution in [0.3, 0.4) is 0 Å². The Morgan fingerprint density at radius 1 is 0.762 bits per heavy atom. The first-order valence-corrected chi connectivity index (χ1v) is 6.46. The molecule has 0 saturated carbocycles. The number of fused-ring (bicyclic) bond motifs is 1. The van der Waals surface area contributed by atoms with Crippen LogP contribution in [0, 0.1) is 0 Å². The van der Waals surface area contributed by atoms with Crippen LogP contribution in [0.15, 0.2) is 77.0 Å². The van der Waals surface area contributed by atoms with Gasteiger partial charge in [0.2, 0.25) is 0 Å². The summed E-state index contributed by atoms with van der Waals surface area (Å²) in [7, 11) is 0. The maximum atomic E-state index is 10.8. The highest BCUT2D eigenvalue weighted by Crippen LogP contribution is 2.23. The third-order valence-electron chi connectivity index (χ3n) is 3.13. The predicted molar refractivity (Wildman–Crippen MR) is 81.5 cm³/mol. The van der Waals surface area contributed by atoms with Crippen molar-refractivity contribution in [1.82, 2.24) is 0 Å². The van der Waals surface area contributed by atoms with E-state index in [0.717, 1.165) is 16.5 Å². The molecule has 21 heavy (non-hydrogen) atoms. The Morgan fingerprint density at radius 2 is 1.38 bits per heavy atom. The number of nitrogens with zero attached hydrogens (tertiary/aromatic N) is 2. The van der Waals surface area contributed by atoms with E-state index in [1.54, 1.807) is 12.1 Å². The van der Waals surface area contributed by atoms with Crippen LogP contribution in [0.4, 0.5) is 11.4 Å². The second-order valence-corrected chi connectivity index (χ2v) is 4.58. The lowest BCUT2D eigenvalue weighted by Crippen LogP contribution is -1.93. The number of carbonyl (C=O) groups is 1. The molecule has 3 aromatic carbocycles. The maximum Gasteiger partial charge on any atom is 0.335 e. The second-order valence-electron chi connectivity index (χ2n) is 4.58. The number of azo groups is 1. The van der Waals surface area contributed by atoms with Gasteiger partial charge in [0.05, 0.1) is 16.9 Å². The summed E-state index contributed by atoms with van der Waals surface area (Å²) in [6, 6.07) is 20.2. The van der Waals surface area contributed by atoms with Gasteiger partial charge >= 0.3 is 5.97 Å². The number of carboxylic acid groups (broad SMARTS) is 1. The predicted octanol–water partition coefficient (Wildman–Crippen LogP) is 4.95. The van der Waals surface area contributed by atoms with Crippen LogP contribution in [-0.2, 0) is 0 Å². The molecule has 0 aliphatic carbocycles. The average molecular weight is 276 g/mol. The van der Waals surface area contributed by atoms with Gasteiger partial charge < -0.3 is 5.11 Å². The molecule has 0 amide bonds. The highest BCUT2D eigenvalue weighted by Gasteiger charge is 2.01. The summed E-state index contributed by atoms with van der Waals surface area (Å²) in [5.74, 6) is -0.951. The Morgan fingerprint density at radius 3 is 2.10 bits per heavy atom. The van der Waals surface area contributed by atoms with E-state index >= 15 is 0 Å². The molecule has 3 rings (SSSR count). The largest absolute Gasteiger partial charge is 0.478 e. The fourth-order valence-electron chi connectivity index (χ4n) is 2.03. The molecule has 1 N–H and O–H groups in total. The van der Waals surface area contributed by atoms with Crippen LogP contribution < -0.4 is 0 Å². The highest BCUT2D eigenvalue weighted by molar-refractivity contribution is 5.88. The molecule has 4 nitrogen and oxygen atoms in total. The molecule has 0 aromatic heterocycles. The summed E-state index contributed by atoms with van der Waals surface area (Å²) in [4.78, 5) is 10.8. The van der Waals surface area contributed by atoms with Gasteiger partial charge in [-0.05, 0) is 47.2 Å². The number of hydrogen-bond acceptors (Lipinski definition) is 3. The minimum atomic E-state index is -0.951. The fourth-order valence-corrected chi connectivity index (χ4v) is 2.03. The zero-order valence-electron chi connectivity index (χ0n) is 11.1. The molecule has 102 valence electrons. The lowest BCUT2D eigenvalue weighted by Gasteiger charge is -1.98. The van der Waals surface area contributed by atoms with E-state index in [2.05, 4.69) is 10.2 Å². The highest BCUT2D eigenvalue weighted by atomic mass is 16.4. The van der Waals surface area contributed by atoms with Crippen molar-refractivity contribution in [2.24, 2.45) is 10.2 Å². The third kappa shape index (κ3) is 2.95. The van der Waals surface area contributed by atoms with Crippen molar-refractivity contribution in [1.29, 1.82) is 0 Å². The number of rotatable bonds is 3. The van der Waals surface area contributed by atoms with Gasteiger partial charge in [-0.3, -0.25) is 0 Å². The SMILES string of the molecule is O=C(O)c1ccc(N=Nc2ccc3ccccc3c2)cc1. The minimum absolute atomic E-state index is 0.236. The van der Waals surface area contributed by atoms with Crippen LogP contribution in [0.25, 0.3) is 10.8 Å². The van der Waals surface area contributed by atoms with Crippen molar-refractivity contribution in [3.8, 4) is 0 Å². The fraction of sp³-hybridized carbons (Fsp3) is 0. The van der Waals surface area contributed by atoms with Gasteiger partial charge in [0.1, 0.15) is 0 Å². The van der Waals surface area contributed by atoms with Crippen molar-refractivity contribution in [2.75, 3.05) is 0 Å². The zero-order valence-corrected chi connectivity index (χ0v) is 11.1. The monoisotopic (exact) mass is 276 g/mol. The maximum absolute atomic E-state index is 10.8. The number of hydrogen-bond donors (Lipinski definition) is 1. The Labute approximate surface area is 121 Å². The Bertz CT molecular complexity index is 824. The molecule has 0 saturated heterocycles. The zero-order chi connectivity index (χ0) is 14.7. The average Bonchev–Trinajstić information content (AvgIpc) is 2.53. The Balaban J connectivity index is 1.85. The summed E-state index contributed by atoms with van der Waals surface area (Å²) in [6.07, 6.45) is 0. The molecular formula is C17H12N2O2. The minimum Gasteiger partial charge on any atom is -0.478 e. The van der Waals surface area contributed by atoms with E-state index in [-0.39, 0.29) is 5.56 Å². The van der Waals surface area contributed by atoms with Gasteiger partial charge in [0.25, 0.3) is 0 Å². The molecule has 0 radical (unpaired) electrons. The van der Waals surface area contributed by atoms with E-state index in [0.29, 0.717) is 5.69 Å². The number of carboxylic acids is 1. The van der Waals surface area contributed by atoms with Crippen molar-refractivity contribution >= 4 is 28.1 Å². The van der Waals surface area contributed by atoms with Crippen molar-refractivity contribution < 1.29 is 9.90 Å². The lowest BCUT2D eigenvalue weighted by atomic mass is 10.1. The first kappa shape index (κ1) is 13.0. The van der Waals surface area contributed by atoms with Crippen LogP contribution in [0.5, 0.6) is 0 Å². The van der Waals surface area contributed by atoms with E-state index < -0.39 is 5.97 Å². The van der Waals surface area contributed by atoms with Crippen molar-refractivity contribution in [2.45, 2.75) is 0 Å². The van der Waals surface area contributed by atoms with E-state index in [9.17, 15) is 4.79 Å². The summed E-state index contributed by atoms with van der Waals surface area (Å²) in [6.45, 7) is 0. The molecule has 0 heterocycles. The first-order chi connectivity index (χ1) is 10.2. The van der Waals surface area contributed by atoms with Crippen LogP contribution in [0.1, 0.15) is 10.4 Å². The Hall–Kier alpha value is -3.01. The normalized spacial score (nSPS) is 11.0. The van der Waals surface area contributed by atoms with Gasteiger partial charge in [-0.15, -0.1) is 0 Å². The molecule has 0 aliphatic heterocycles. The standard InChI is InChI=1S/C17H12N2O2/c20-17(21)13-6-8-15(9-7-13)18-19-16-10-5-12-3-1-2-4-14(12)11-16/h1-11H,(H,20,21). The molecule has 0 aliphatic rings. The van der Waals surface area contributed by atoms with E-state index in [1.165, 1.54) is 12.1 Å². The molecule has 0 bridgehead atoms. The summed E-state index contributed by atoms with van der Waals surface area (Å²) in [5, 5.41) is 19.4. The van der Waals surface area contributed by atoms with Crippen molar-refractivity contribution in [3.05, 3.63) is 72.3 Å². The van der Waals surface area contributed by atoms with Crippen LogP contribution >= 0.6 is 0 Å². The van der Waals surface area contributed by atoms with Crippen molar-refractivity contribution in [3.63, 3.8) is 0 Å². The third-order valence-corrected chi connectivity index (χ3v) is 3.13. The van der Waals surface area contributed by atoms with Gasteiger partial charge in [-0.2, -0.15) is 10.2 Å². The lowest BCUT2D eigenvalue weighted by molar-refractivity contribution is 0.0697. The summed E-state index contributed by atoms with van der Waals surface area (Å²) < 4.78 is 0. The first-order valence-electron chi connectivity index (χ1n) is 6.46. The van der Waals surface area contributed by atoms with Gasteiger partial charge in [0.15, 0.2) is 0 Å². The smallest absolute Gasteiger partial charge is 0.335 e. The van der Waals surface area contributed by atoms with Gasteiger partial charge in [0, 0.05) is 0 Å². The molecule has 4 heteroatoms. The van der Waals surface area contributed by atoms with E-state index in [4.69, 9.17) is 5.11 Å². The second kappa shape index (κ2) is 5.54. The topological polar surface area (TPSA) is 62.0 Å². The molecule has 0 unspecified atom stereocenters. The molecule has 0 atom stereocenters. The molecule has 0 fully saturated rings. The van der Waals surface area contributed by atoms with Gasteiger partial charge in [-0.25, -0.2) is 4.79 Å².